The number of carbonyl (C=O) groups is 1. The third kappa shape index (κ3) is 2.09. The molecule has 0 radical (unpaired) electrons. The smallest absolute Gasteiger partial charge is 0.170 e. The molecule has 0 saturated carbocycles. The molecule has 1 aliphatic rings. The number of fused-ring (bicyclic) bond motifs is 1. The van der Waals surface area contributed by atoms with Crippen LogP contribution in [0.2, 0.25) is 0 Å². The molecule has 4 nitrogen and oxygen atoms in total. The fraction of sp³-hybridized carbons (Fsp3) is 0.188. The molecular weight excluding hydrogens is 256 g/mol. The quantitative estimate of drug-likeness (QED) is 0.835. The van der Waals surface area contributed by atoms with Crippen LogP contribution >= 0.6 is 0 Å². The number of hydrogen-bond donors (Lipinski definition) is 2. The Labute approximate surface area is 116 Å². The summed E-state index contributed by atoms with van der Waals surface area (Å²) in [4.78, 5) is 12.1. The second-order valence-corrected chi connectivity index (χ2v) is 4.96. The Morgan fingerprint density at radius 1 is 1.15 bits per heavy atom. The van der Waals surface area contributed by atoms with Gasteiger partial charge in [-0.2, -0.15) is 0 Å². The largest absolute Gasteiger partial charge is 0.508 e. The van der Waals surface area contributed by atoms with E-state index >= 15 is 0 Å². The third-order valence-corrected chi connectivity index (χ3v) is 3.50. The van der Waals surface area contributed by atoms with Crippen molar-refractivity contribution in [3.63, 3.8) is 0 Å². The molecule has 0 aromatic heterocycles. The monoisotopic (exact) mass is 270 g/mol. The zero-order chi connectivity index (χ0) is 14.3. The van der Waals surface area contributed by atoms with Gasteiger partial charge in [-0.1, -0.05) is 6.07 Å². The Hall–Kier alpha value is -2.49. The normalized spacial score (nSPS) is 17.4. The highest BCUT2D eigenvalue weighted by molar-refractivity contribution is 6.00. The van der Waals surface area contributed by atoms with Gasteiger partial charge in [0.15, 0.2) is 5.78 Å². The van der Waals surface area contributed by atoms with E-state index in [1.165, 1.54) is 12.1 Å². The number of carbonyl (C=O) groups excluding carboxylic acids is 1. The fourth-order valence-electron chi connectivity index (χ4n) is 2.38. The molecule has 0 saturated heterocycles. The topological polar surface area (TPSA) is 66.8 Å². The number of rotatable bonds is 1. The summed E-state index contributed by atoms with van der Waals surface area (Å²) >= 11 is 0. The van der Waals surface area contributed by atoms with Crippen molar-refractivity contribution in [1.29, 1.82) is 0 Å². The Balaban J connectivity index is 1.98. The molecule has 2 aromatic rings. The highest BCUT2D eigenvalue weighted by Crippen LogP contribution is 2.37. The first kappa shape index (κ1) is 12.5. The van der Waals surface area contributed by atoms with E-state index in [0.29, 0.717) is 11.3 Å². The van der Waals surface area contributed by atoms with Gasteiger partial charge in [0.1, 0.15) is 23.4 Å². The van der Waals surface area contributed by atoms with Crippen LogP contribution in [0.3, 0.4) is 0 Å². The van der Waals surface area contributed by atoms with Crippen molar-refractivity contribution in [1.82, 2.24) is 0 Å². The first-order valence-corrected chi connectivity index (χ1v) is 6.37. The number of aromatic hydroxyl groups is 2. The van der Waals surface area contributed by atoms with Crippen LogP contribution in [0.5, 0.6) is 17.2 Å². The van der Waals surface area contributed by atoms with Crippen LogP contribution in [0.15, 0.2) is 36.4 Å². The molecule has 1 unspecified atom stereocenters. The summed E-state index contributed by atoms with van der Waals surface area (Å²) in [6.07, 6.45) is -0.141. The number of aryl methyl sites for hydroxylation is 1. The minimum Gasteiger partial charge on any atom is -0.508 e. The molecule has 0 aliphatic carbocycles. The molecule has 3 rings (SSSR count). The van der Waals surface area contributed by atoms with Crippen LogP contribution in [0.4, 0.5) is 0 Å². The fourth-order valence-corrected chi connectivity index (χ4v) is 2.38. The number of phenols is 2. The van der Waals surface area contributed by atoms with Gasteiger partial charge >= 0.3 is 0 Å². The predicted octanol–water partition coefficient (Wildman–Crippen LogP) is 3.11. The van der Waals surface area contributed by atoms with E-state index in [0.717, 1.165) is 11.1 Å². The molecule has 0 spiro atoms. The van der Waals surface area contributed by atoms with Crippen molar-refractivity contribution >= 4 is 5.78 Å². The Bertz CT molecular complexity index is 691. The predicted molar refractivity (Wildman–Crippen MR) is 73.3 cm³/mol. The number of Topliss-reactive ketones (excluding diaryl/α,β-unsaturated/α-hetero) is 1. The molecule has 2 aromatic carbocycles. The van der Waals surface area contributed by atoms with E-state index in [4.69, 9.17) is 4.74 Å². The molecule has 2 N–H and O–H groups in total. The van der Waals surface area contributed by atoms with Crippen LogP contribution in [0.1, 0.15) is 34.0 Å². The molecule has 0 fully saturated rings. The standard InChI is InChI=1S/C16H14O4/c1-9-6-10(2-5-13(9)18)15-8-14(19)12-4-3-11(17)7-16(12)20-15/h2-7,15,17-18H,8H2,1H3. The molecule has 1 atom stereocenters. The highest BCUT2D eigenvalue weighted by atomic mass is 16.5. The minimum absolute atomic E-state index is 0.0121. The molecular formula is C16H14O4. The molecule has 4 heteroatoms. The van der Waals surface area contributed by atoms with Crippen LogP contribution in [0, 0.1) is 6.92 Å². The minimum atomic E-state index is -0.393. The van der Waals surface area contributed by atoms with Crippen molar-refractivity contribution in [2.24, 2.45) is 0 Å². The zero-order valence-electron chi connectivity index (χ0n) is 11.0. The maximum atomic E-state index is 12.1. The maximum absolute atomic E-state index is 12.1. The number of benzene rings is 2. The lowest BCUT2D eigenvalue weighted by molar-refractivity contribution is 0.0849. The first-order valence-electron chi connectivity index (χ1n) is 6.37. The summed E-state index contributed by atoms with van der Waals surface area (Å²) in [5.74, 6) is 0.673. The van der Waals surface area contributed by atoms with Gasteiger partial charge in [0.05, 0.1) is 12.0 Å². The van der Waals surface area contributed by atoms with E-state index < -0.39 is 6.10 Å². The maximum Gasteiger partial charge on any atom is 0.170 e. The van der Waals surface area contributed by atoms with E-state index in [-0.39, 0.29) is 23.7 Å². The van der Waals surface area contributed by atoms with Gasteiger partial charge in [-0.05, 0) is 42.3 Å². The lowest BCUT2D eigenvalue weighted by Gasteiger charge is -2.25. The number of phenolic OH excluding ortho intramolecular Hbond substituents is 2. The summed E-state index contributed by atoms with van der Waals surface area (Å²) in [5, 5.41) is 19.0. The Morgan fingerprint density at radius 2 is 1.95 bits per heavy atom. The summed E-state index contributed by atoms with van der Waals surface area (Å²) < 4.78 is 5.80. The van der Waals surface area contributed by atoms with Gasteiger partial charge < -0.3 is 14.9 Å². The summed E-state index contributed by atoms with van der Waals surface area (Å²) in [6, 6.07) is 9.65. The van der Waals surface area contributed by atoms with E-state index in [9.17, 15) is 15.0 Å². The average Bonchev–Trinajstić information content (AvgIpc) is 2.41. The van der Waals surface area contributed by atoms with Crippen molar-refractivity contribution in [3.8, 4) is 17.2 Å². The van der Waals surface area contributed by atoms with Gasteiger partial charge in [0.25, 0.3) is 0 Å². The number of ketones is 1. The SMILES string of the molecule is Cc1cc(C2CC(=O)c3ccc(O)cc3O2)ccc1O. The first-order chi connectivity index (χ1) is 9.54. The Morgan fingerprint density at radius 3 is 2.70 bits per heavy atom. The van der Waals surface area contributed by atoms with E-state index in [1.807, 2.05) is 0 Å². The summed E-state index contributed by atoms with van der Waals surface area (Å²) in [5.41, 5.74) is 2.07. The van der Waals surface area contributed by atoms with Crippen molar-refractivity contribution in [2.75, 3.05) is 0 Å². The van der Waals surface area contributed by atoms with E-state index in [1.54, 1.807) is 31.2 Å². The molecule has 0 amide bonds. The van der Waals surface area contributed by atoms with Crippen molar-refractivity contribution < 1.29 is 19.7 Å². The van der Waals surface area contributed by atoms with Gasteiger partial charge in [0.2, 0.25) is 0 Å². The highest BCUT2D eigenvalue weighted by Gasteiger charge is 2.28. The van der Waals surface area contributed by atoms with Crippen molar-refractivity contribution in [2.45, 2.75) is 19.4 Å². The number of hydrogen-bond acceptors (Lipinski definition) is 4. The molecule has 1 heterocycles. The van der Waals surface area contributed by atoms with Crippen molar-refractivity contribution in [3.05, 3.63) is 53.1 Å². The molecule has 20 heavy (non-hydrogen) atoms. The zero-order valence-corrected chi connectivity index (χ0v) is 11.0. The van der Waals surface area contributed by atoms with Crippen LogP contribution in [-0.2, 0) is 0 Å². The van der Waals surface area contributed by atoms with Gasteiger partial charge in [-0.25, -0.2) is 0 Å². The summed E-state index contributed by atoms with van der Waals surface area (Å²) in [6.45, 7) is 1.79. The van der Waals surface area contributed by atoms with Gasteiger partial charge in [0, 0.05) is 6.07 Å². The average molecular weight is 270 g/mol. The van der Waals surface area contributed by atoms with Gasteiger partial charge in [-0.3, -0.25) is 4.79 Å². The third-order valence-electron chi connectivity index (χ3n) is 3.50. The second-order valence-electron chi connectivity index (χ2n) is 4.96. The molecule has 0 bridgehead atoms. The van der Waals surface area contributed by atoms with E-state index in [2.05, 4.69) is 0 Å². The molecule has 1 aliphatic heterocycles. The lowest BCUT2D eigenvalue weighted by atomic mass is 9.95. The number of ether oxygens (including phenoxy) is 1. The lowest BCUT2D eigenvalue weighted by Crippen LogP contribution is -2.20. The summed E-state index contributed by atoms with van der Waals surface area (Å²) in [7, 11) is 0. The van der Waals surface area contributed by atoms with Crippen LogP contribution in [-0.4, -0.2) is 16.0 Å². The van der Waals surface area contributed by atoms with Crippen LogP contribution in [0.25, 0.3) is 0 Å². The Kier molecular flexibility index (Phi) is 2.86. The van der Waals surface area contributed by atoms with Crippen LogP contribution < -0.4 is 4.74 Å². The van der Waals surface area contributed by atoms with Gasteiger partial charge in [-0.15, -0.1) is 0 Å². The molecule has 102 valence electrons. The second kappa shape index (κ2) is 4.56.